The number of hydrogen-bond donors (Lipinski definition) is 1. The van der Waals surface area contributed by atoms with Gasteiger partial charge in [0.2, 0.25) is 0 Å². The molecule has 0 spiro atoms. The summed E-state index contributed by atoms with van der Waals surface area (Å²) in [5.41, 5.74) is 0.598. The zero-order valence-electron chi connectivity index (χ0n) is 13.2. The molecule has 1 amide bonds. The number of pyridine rings is 1. The van der Waals surface area contributed by atoms with Gasteiger partial charge >= 0.3 is 0 Å². The molecule has 3 rings (SSSR count). The summed E-state index contributed by atoms with van der Waals surface area (Å²) in [7, 11) is 0. The van der Waals surface area contributed by atoms with Gasteiger partial charge < -0.3 is 24.4 Å². The molecular weight excluding hydrogens is 298 g/mol. The lowest BCUT2D eigenvalue weighted by molar-refractivity contribution is 0.0302. The number of hydrogen-bond acceptors (Lipinski definition) is 6. The highest BCUT2D eigenvalue weighted by Gasteiger charge is 2.21. The molecule has 2 fully saturated rings. The Kier molecular flexibility index (Phi) is 5.43. The lowest BCUT2D eigenvalue weighted by Gasteiger charge is -2.27. The largest absolute Gasteiger partial charge is 0.396 e. The first-order valence-corrected chi connectivity index (χ1v) is 8.04. The van der Waals surface area contributed by atoms with E-state index in [9.17, 15) is 9.90 Å². The molecule has 0 radical (unpaired) electrons. The predicted molar refractivity (Wildman–Crippen MR) is 84.6 cm³/mol. The molecule has 1 aromatic heterocycles. The fourth-order valence-electron chi connectivity index (χ4n) is 2.85. The lowest BCUT2D eigenvalue weighted by atomic mass is 10.1. The molecule has 3 heterocycles. The van der Waals surface area contributed by atoms with Crippen molar-refractivity contribution in [1.82, 2.24) is 9.88 Å². The zero-order chi connectivity index (χ0) is 16.1. The summed E-state index contributed by atoms with van der Waals surface area (Å²) < 4.78 is 10.8. The van der Waals surface area contributed by atoms with E-state index in [1.165, 1.54) is 0 Å². The van der Waals surface area contributed by atoms with Crippen molar-refractivity contribution in [3.05, 3.63) is 23.9 Å². The smallest absolute Gasteiger partial charge is 0.255 e. The van der Waals surface area contributed by atoms with E-state index in [-0.39, 0.29) is 18.4 Å². The predicted octanol–water partition coefficient (Wildman–Crippen LogP) is -0.000900. The van der Waals surface area contributed by atoms with Crippen LogP contribution in [0.2, 0.25) is 0 Å². The second kappa shape index (κ2) is 7.72. The maximum absolute atomic E-state index is 12.4. The van der Waals surface area contributed by atoms with Crippen molar-refractivity contribution in [3.63, 3.8) is 0 Å². The summed E-state index contributed by atoms with van der Waals surface area (Å²) >= 11 is 0. The Morgan fingerprint density at radius 3 is 2.70 bits per heavy atom. The molecule has 0 aliphatic carbocycles. The molecule has 7 heteroatoms. The van der Waals surface area contributed by atoms with E-state index in [0.29, 0.717) is 51.6 Å². The number of aliphatic hydroxyl groups is 1. The van der Waals surface area contributed by atoms with Crippen LogP contribution in [0.3, 0.4) is 0 Å². The van der Waals surface area contributed by atoms with Gasteiger partial charge in [-0.3, -0.25) is 4.79 Å². The summed E-state index contributed by atoms with van der Waals surface area (Å²) in [6.07, 6.45) is 1.63. The van der Waals surface area contributed by atoms with Crippen LogP contribution in [0.5, 0.6) is 0 Å². The van der Waals surface area contributed by atoms with Gasteiger partial charge in [-0.1, -0.05) is 0 Å². The Morgan fingerprint density at radius 2 is 2.00 bits per heavy atom. The molecule has 2 aliphatic heterocycles. The number of ether oxygens (including phenoxy) is 2. The summed E-state index contributed by atoms with van der Waals surface area (Å²) in [6.45, 7) is 5.17. The van der Waals surface area contributed by atoms with Gasteiger partial charge in [-0.25, -0.2) is 4.98 Å². The quantitative estimate of drug-likeness (QED) is 0.845. The molecule has 7 nitrogen and oxygen atoms in total. The van der Waals surface area contributed by atoms with Crippen LogP contribution in [0.4, 0.5) is 5.82 Å². The Labute approximate surface area is 135 Å². The minimum Gasteiger partial charge on any atom is -0.396 e. The second-order valence-electron chi connectivity index (χ2n) is 5.88. The summed E-state index contributed by atoms with van der Waals surface area (Å²) in [4.78, 5) is 20.7. The van der Waals surface area contributed by atoms with E-state index in [4.69, 9.17) is 9.47 Å². The molecule has 1 N–H and O–H groups in total. The molecule has 23 heavy (non-hydrogen) atoms. The van der Waals surface area contributed by atoms with E-state index in [1.807, 2.05) is 12.1 Å². The van der Waals surface area contributed by atoms with Gasteiger partial charge in [-0.2, -0.15) is 0 Å². The van der Waals surface area contributed by atoms with Crippen LogP contribution in [0.25, 0.3) is 0 Å². The van der Waals surface area contributed by atoms with Crippen LogP contribution < -0.4 is 4.90 Å². The van der Waals surface area contributed by atoms with E-state index in [1.54, 1.807) is 11.1 Å². The Morgan fingerprint density at radius 1 is 1.22 bits per heavy atom. The number of rotatable bonds is 3. The number of anilines is 1. The van der Waals surface area contributed by atoms with Crippen molar-refractivity contribution in [2.75, 3.05) is 64.1 Å². The van der Waals surface area contributed by atoms with Gasteiger partial charge in [0.15, 0.2) is 0 Å². The minimum atomic E-state index is -0.000200. The first kappa shape index (κ1) is 16.2. The molecule has 2 saturated heterocycles. The van der Waals surface area contributed by atoms with Gasteiger partial charge in [0.1, 0.15) is 5.82 Å². The Hall–Kier alpha value is -1.70. The molecule has 1 atom stereocenters. The number of aromatic nitrogens is 1. The molecule has 126 valence electrons. The monoisotopic (exact) mass is 321 g/mol. The third-order valence-electron chi connectivity index (χ3n) is 4.21. The van der Waals surface area contributed by atoms with Gasteiger partial charge in [0, 0.05) is 44.9 Å². The number of morpholine rings is 1. The summed E-state index contributed by atoms with van der Waals surface area (Å²) in [5.74, 6) is 0.904. The van der Waals surface area contributed by atoms with E-state index in [0.717, 1.165) is 12.4 Å². The van der Waals surface area contributed by atoms with Gasteiger partial charge in [0.05, 0.1) is 32.0 Å². The zero-order valence-corrected chi connectivity index (χ0v) is 13.2. The topological polar surface area (TPSA) is 75.1 Å². The number of amides is 1. The highest BCUT2D eigenvalue weighted by atomic mass is 16.5. The maximum atomic E-state index is 12.4. The minimum absolute atomic E-state index is 0.000200. The van der Waals surface area contributed by atoms with Crippen LogP contribution in [0, 0.1) is 5.92 Å². The van der Waals surface area contributed by atoms with Crippen molar-refractivity contribution < 1.29 is 19.4 Å². The average Bonchev–Trinajstić information content (AvgIpc) is 2.88. The van der Waals surface area contributed by atoms with Crippen LogP contribution >= 0.6 is 0 Å². The van der Waals surface area contributed by atoms with Gasteiger partial charge in [0.25, 0.3) is 5.91 Å². The van der Waals surface area contributed by atoms with Crippen molar-refractivity contribution in [2.45, 2.75) is 0 Å². The number of carbonyl (C=O) groups excluding carboxylic acids is 1. The third-order valence-corrected chi connectivity index (χ3v) is 4.21. The maximum Gasteiger partial charge on any atom is 0.255 e. The Bertz CT molecular complexity index is 517. The standard InChI is InChI=1S/C16H23N3O4/c20-11-13-10-19(5-8-23-12-13)15-2-1-14(9-17-15)16(21)18-3-6-22-7-4-18/h1-2,9,13,20H,3-8,10-12H2/t13-/m1/s1. The molecule has 0 aromatic carbocycles. The average molecular weight is 321 g/mol. The van der Waals surface area contributed by atoms with Crippen molar-refractivity contribution >= 4 is 11.7 Å². The number of aliphatic hydroxyl groups excluding tert-OH is 1. The van der Waals surface area contributed by atoms with Crippen molar-refractivity contribution in [3.8, 4) is 0 Å². The fourth-order valence-corrected chi connectivity index (χ4v) is 2.85. The first-order chi connectivity index (χ1) is 11.3. The fraction of sp³-hybridized carbons (Fsp3) is 0.625. The number of nitrogens with zero attached hydrogens (tertiary/aromatic N) is 3. The molecular formula is C16H23N3O4. The first-order valence-electron chi connectivity index (χ1n) is 8.04. The van der Waals surface area contributed by atoms with Crippen LogP contribution in [0.1, 0.15) is 10.4 Å². The lowest BCUT2D eigenvalue weighted by Crippen LogP contribution is -2.40. The van der Waals surface area contributed by atoms with E-state index < -0.39 is 0 Å². The summed E-state index contributed by atoms with van der Waals surface area (Å²) in [5, 5.41) is 9.35. The highest BCUT2D eigenvalue weighted by molar-refractivity contribution is 5.94. The van der Waals surface area contributed by atoms with Crippen LogP contribution in [0.15, 0.2) is 18.3 Å². The van der Waals surface area contributed by atoms with Crippen LogP contribution in [-0.2, 0) is 9.47 Å². The molecule has 0 saturated carbocycles. The number of carbonyl (C=O) groups is 1. The third kappa shape index (κ3) is 3.99. The normalized spacial score (nSPS) is 22.7. The van der Waals surface area contributed by atoms with E-state index >= 15 is 0 Å². The second-order valence-corrected chi connectivity index (χ2v) is 5.88. The SMILES string of the molecule is O=C(c1ccc(N2CCOC[C@@H](CO)C2)nc1)N1CCOCC1. The summed E-state index contributed by atoms with van der Waals surface area (Å²) in [6, 6.07) is 3.69. The van der Waals surface area contributed by atoms with E-state index in [2.05, 4.69) is 9.88 Å². The van der Waals surface area contributed by atoms with Crippen molar-refractivity contribution in [1.29, 1.82) is 0 Å². The van der Waals surface area contributed by atoms with Crippen molar-refractivity contribution in [2.24, 2.45) is 5.92 Å². The van der Waals surface area contributed by atoms with Gasteiger partial charge in [-0.05, 0) is 12.1 Å². The van der Waals surface area contributed by atoms with Crippen LogP contribution in [-0.4, -0.2) is 80.1 Å². The molecule has 1 aromatic rings. The van der Waals surface area contributed by atoms with Gasteiger partial charge in [-0.15, -0.1) is 0 Å². The molecule has 2 aliphatic rings. The molecule has 0 unspecified atom stereocenters. The highest BCUT2D eigenvalue weighted by Crippen LogP contribution is 2.17. The molecule has 0 bridgehead atoms. The Balaban J connectivity index is 1.67.